The predicted octanol–water partition coefficient (Wildman–Crippen LogP) is 3.69. The smallest absolute Gasteiger partial charge is 0.169 e. The number of nitrogens with zero attached hydrogens (tertiary/aromatic N) is 6. The Kier molecular flexibility index (Phi) is 4.31. The van der Waals surface area contributed by atoms with Crippen LogP contribution in [-0.2, 0) is 6.54 Å². The number of fused-ring (bicyclic) bond motifs is 1. The first kappa shape index (κ1) is 17.1. The number of hydrogen-bond donors (Lipinski definition) is 1. The summed E-state index contributed by atoms with van der Waals surface area (Å²) in [4.78, 5) is 18.2. The molecule has 0 spiro atoms. The zero-order valence-corrected chi connectivity index (χ0v) is 15.8. The lowest BCUT2D eigenvalue weighted by Gasteiger charge is -2.11. The van der Waals surface area contributed by atoms with Crippen molar-refractivity contribution in [3.05, 3.63) is 47.9 Å². The number of pyridine rings is 1. The van der Waals surface area contributed by atoms with Crippen molar-refractivity contribution in [1.29, 1.82) is 0 Å². The molecule has 0 aromatic carbocycles. The van der Waals surface area contributed by atoms with Crippen molar-refractivity contribution in [2.24, 2.45) is 0 Å². The minimum absolute atomic E-state index is 0.230. The van der Waals surface area contributed by atoms with Gasteiger partial charge in [0, 0.05) is 25.0 Å². The molecule has 0 aliphatic heterocycles. The summed E-state index contributed by atoms with van der Waals surface area (Å²) >= 11 is 0. The first-order chi connectivity index (χ1) is 13.0. The van der Waals surface area contributed by atoms with E-state index in [1.54, 1.807) is 12.5 Å². The quantitative estimate of drug-likeness (QED) is 0.578. The first-order valence-corrected chi connectivity index (χ1v) is 8.85. The minimum atomic E-state index is 0.230. The molecule has 27 heavy (non-hydrogen) atoms. The second-order valence-electron chi connectivity index (χ2n) is 6.73. The van der Waals surface area contributed by atoms with E-state index in [0.29, 0.717) is 23.9 Å². The van der Waals surface area contributed by atoms with Crippen LogP contribution in [0.4, 0.5) is 5.82 Å². The van der Waals surface area contributed by atoms with Crippen LogP contribution in [0, 0.1) is 13.8 Å². The normalized spacial score (nSPS) is 11.4. The number of anilines is 1. The molecule has 8 heteroatoms. The van der Waals surface area contributed by atoms with Gasteiger partial charge in [0.25, 0.3) is 0 Å². The topological polar surface area (TPSA) is 94.5 Å². The number of nitrogens with one attached hydrogen (secondary N) is 1. The summed E-state index contributed by atoms with van der Waals surface area (Å²) < 4.78 is 7.34. The Balaban J connectivity index is 1.83. The number of hydrogen-bond acceptors (Lipinski definition) is 7. The Morgan fingerprint density at radius 2 is 2.07 bits per heavy atom. The van der Waals surface area contributed by atoms with Crippen LogP contribution in [0.2, 0.25) is 0 Å². The van der Waals surface area contributed by atoms with Gasteiger partial charge in [0.15, 0.2) is 17.3 Å². The van der Waals surface area contributed by atoms with Gasteiger partial charge in [-0.2, -0.15) is 0 Å². The Bertz CT molecular complexity index is 1060. The highest BCUT2D eigenvalue weighted by molar-refractivity contribution is 5.85. The largest absolute Gasteiger partial charge is 0.364 e. The first-order valence-electron chi connectivity index (χ1n) is 8.85. The molecule has 4 aromatic heterocycles. The zero-order valence-electron chi connectivity index (χ0n) is 15.8. The van der Waals surface area contributed by atoms with Crippen molar-refractivity contribution in [3.63, 3.8) is 0 Å². The maximum Gasteiger partial charge on any atom is 0.169 e. The van der Waals surface area contributed by atoms with E-state index in [-0.39, 0.29) is 6.04 Å². The summed E-state index contributed by atoms with van der Waals surface area (Å²) in [6.07, 6.45) is 5.38. The van der Waals surface area contributed by atoms with Crippen molar-refractivity contribution < 1.29 is 4.52 Å². The van der Waals surface area contributed by atoms with Gasteiger partial charge < -0.3 is 14.4 Å². The van der Waals surface area contributed by atoms with Crippen LogP contribution >= 0.6 is 0 Å². The molecule has 4 aromatic rings. The Morgan fingerprint density at radius 1 is 1.22 bits per heavy atom. The second-order valence-corrected chi connectivity index (χ2v) is 6.73. The van der Waals surface area contributed by atoms with Crippen molar-refractivity contribution >= 4 is 17.0 Å². The highest BCUT2D eigenvalue weighted by Crippen LogP contribution is 2.29. The van der Waals surface area contributed by atoms with Crippen LogP contribution in [0.15, 0.2) is 35.4 Å². The molecule has 0 saturated carbocycles. The van der Waals surface area contributed by atoms with Gasteiger partial charge in [-0.1, -0.05) is 11.2 Å². The van der Waals surface area contributed by atoms with Crippen molar-refractivity contribution in [2.75, 3.05) is 5.32 Å². The van der Waals surface area contributed by atoms with Crippen LogP contribution in [0.1, 0.15) is 36.9 Å². The van der Waals surface area contributed by atoms with Gasteiger partial charge >= 0.3 is 0 Å². The van der Waals surface area contributed by atoms with E-state index < -0.39 is 0 Å². The molecule has 0 aliphatic rings. The van der Waals surface area contributed by atoms with Crippen LogP contribution < -0.4 is 5.32 Å². The molecule has 0 saturated heterocycles. The van der Waals surface area contributed by atoms with Gasteiger partial charge in [0.05, 0.1) is 17.6 Å². The third kappa shape index (κ3) is 3.14. The molecule has 0 bridgehead atoms. The second kappa shape index (κ2) is 6.79. The van der Waals surface area contributed by atoms with Gasteiger partial charge in [-0.15, -0.1) is 0 Å². The molecule has 0 radical (unpaired) electrons. The number of imidazole rings is 1. The maximum atomic E-state index is 5.31. The third-order valence-corrected chi connectivity index (χ3v) is 4.42. The predicted molar refractivity (Wildman–Crippen MR) is 102 cm³/mol. The summed E-state index contributed by atoms with van der Waals surface area (Å²) in [6, 6.07) is 4.16. The SMILES string of the molecule is Cc1noc(C)c1-c1nc(NCc2cccnc2)c2ncn(C(C)C)c2n1. The summed E-state index contributed by atoms with van der Waals surface area (Å²) in [7, 11) is 0. The fourth-order valence-corrected chi connectivity index (χ4v) is 3.02. The fraction of sp³-hybridized carbons (Fsp3) is 0.316. The molecular weight excluding hydrogens is 342 g/mol. The van der Waals surface area contributed by atoms with Crippen LogP contribution in [0.25, 0.3) is 22.6 Å². The molecule has 0 aliphatic carbocycles. The Hall–Kier alpha value is -3.29. The van der Waals surface area contributed by atoms with Gasteiger partial charge in [-0.3, -0.25) is 4.98 Å². The lowest BCUT2D eigenvalue weighted by Crippen LogP contribution is -2.06. The van der Waals surface area contributed by atoms with E-state index in [0.717, 1.165) is 28.0 Å². The summed E-state index contributed by atoms with van der Waals surface area (Å²) in [5, 5.41) is 7.41. The summed E-state index contributed by atoms with van der Waals surface area (Å²) in [5.74, 6) is 1.95. The highest BCUT2D eigenvalue weighted by Gasteiger charge is 2.20. The van der Waals surface area contributed by atoms with E-state index in [2.05, 4.69) is 34.3 Å². The lowest BCUT2D eigenvalue weighted by molar-refractivity contribution is 0.393. The Morgan fingerprint density at radius 3 is 2.74 bits per heavy atom. The standard InChI is InChI=1S/C19H21N7O/c1-11(2)26-10-22-16-18(21-9-14-6-5-7-20-8-14)23-17(24-19(16)26)15-12(3)25-27-13(15)4/h5-8,10-11H,9H2,1-4H3,(H,21,23,24). The molecule has 1 N–H and O–H groups in total. The zero-order chi connectivity index (χ0) is 19.0. The number of rotatable bonds is 5. The van der Waals surface area contributed by atoms with Gasteiger partial charge in [-0.25, -0.2) is 15.0 Å². The van der Waals surface area contributed by atoms with Gasteiger partial charge in [-0.05, 0) is 39.3 Å². The van der Waals surface area contributed by atoms with Gasteiger partial charge in [0.2, 0.25) is 0 Å². The summed E-state index contributed by atoms with van der Waals surface area (Å²) in [5.41, 5.74) is 4.16. The molecule has 138 valence electrons. The molecule has 0 amide bonds. The van der Waals surface area contributed by atoms with E-state index in [1.807, 2.05) is 36.7 Å². The maximum absolute atomic E-state index is 5.31. The monoisotopic (exact) mass is 363 g/mol. The summed E-state index contributed by atoms with van der Waals surface area (Å²) in [6.45, 7) is 8.55. The average Bonchev–Trinajstić information content (AvgIpc) is 3.23. The molecule has 0 unspecified atom stereocenters. The third-order valence-electron chi connectivity index (χ3n) is 4.42. The van der Waals surface area contributed by atoms with Crippen LogP contribution in [-0.4, -0.2) is 29.7 Å². The molecule has 0 fully saturated rings. The lowest BCUT2D eigenvalue weighted by atomic mass is 10.2. The van der Waals surface area contributed by atoms with E-state index in [4.69, 9.17) is 14.5 Å². The van der Waals surface area contributed by atoms with E-state index in [1.165, 1.54) is 0 Å². The van der Waals surface area contributed by atoms with Gasteiger partial charge in [0.1, 0.15) is 11.3 Å². The number of aryl methyl sites for hydroxylation is 2. The van der Waals surface area contributed by atoms with Crippen molar-refractivity contribution in [1.82, 2.24) is 29.7 Å². The molecule has 0 atom stereocenters. The van der Waals surface area contributed by atoms with Crippen molar-refractivity contribution in [3.8, 4) is 11.4 Å². The van der Waals surface area contributed by atoms with Crippen LogP contribution in [0.3, 0.4) is 0 Å². The average molecular weight is 363 g/mol. The van der Waals surface area contributed by atoms with Crippen molar-refractivity contribution in [2.45, 2.75) is 40.3 Å². The fourth-order valence-electron chi connectivity index (χ4n) is 3.02. The molecular formula is C19H21N7O. The Labute approximate surface area is 156 Å². The van der Waals surface area contributed by atoms with E-state index >= 15 is 0 Å². The highest BCUT2D eigenvalue weighted by atomic mass is 16.5. The molecule has 8 nitrogen and oxygen atoms in total. The van der Waals surface area contributed by atoms with E-state index in [9.17, 15) is 0 Å². The molecule has 4 rings (SSSR count). The van der Waals surface area contributed by atoms with Crippen LogP contribution in [0.5, 0.6) is 0 Å². The minimum Gasteiger partial charge on any atom is -0.364 e. The molecule has 4 heterocycles. The number of aromatic nitrogens is 6.